The SMILES string of the molecule is CCn1nc(C)cc1CN1CC(C)NCC1C1CC1. The van der Waals surface area contributed by atoms with Gasteiger partial charge in [-0.25, -0.2) is 0 Å². The Morgan fingerprint density at radius 3 is 2.89 bits per heavy atom. The first-order valence-corrected chi connectivity index (χ1v) is 7.68. The van der Waals surface area contributed by atoms with Crippen LogP contribution in [0.5, 0.6) is 0 Å². The third kappa shape index (κ3) is 2.84. The molecule has 1 aliphatic heterocycles. The number of hydrogen-bond donors (Lipinski definition) is 1. The summed E-state index contributed by atoms with van der Waals surface area (Å²) in [4.78, 5) is 2.68. The first kappa shape index (κ1) is 13.1. The van der Waals surface area contributed by atoms with Crippen LogP contribution < -0.4 is 5.32 Å². The summed E-state index contributed by atoms with van der Waals surface area (Å²) < 4.78 is 2.16. The first-order valence-electron chi connectivity index (χ1n) is 7.68. The topological polar surface area (TPSA) is 33.1 Å². The predicted octanol–water partition coefficient (Wildman–Crippen LogP) is 1.78. The second kappa shape index (κ2) is 5.25. The molecule has 4 nitrogen and oxygen atoms in total. The fourth-order valence-electron chi connectivity index (χ4n) is 3.34. The Labute approximate surface area is 116 Å². The van der Waals surface area contributed by atoms with Crippen molar-refractivity contribution in [1.82, 2.24) is 20.0 Å². The molecule has 2 aliphatic rings. The average Bonchev–Trinajstić information content (AvgIpc) is 3.14. The minimum atomic E-state index is 0.606. The maximum Gasteiger partial charge on any atom is 0.0597 e. The van der Waals surface area contributed by atoms with Gasteiger partial charge in [0.25, 0.3) is 0 Å². The van der Waals surface area contributed by atoms with Gasteiger partial charge in [-0.3, -0.25) is 9.58 Å². The zero-order chi connectivity index (χ0) is 13.4. The number of piperazine rings is 1. The van der Waals surface area contributed by atoms with Crippen molar-refractivity contribution in [2.75, 3.05) is 13.1 Å². The summed E-state index contributed by atoms with van der Waals surface area (Å²) in [5.74, 6) is 0.930. The fraction of sp³-hybridized carbons (Fsp3) is 0.800. The lowest BCUT2D eigenvalue weighted by Crippen LogP contribution is -2.56. The highest BCUT2D eigenvalue weighted by Gasteiger charge is 2.38. The van der Waals surface area contributed by atoms with Gasteiger partial charge in [-0.2, -0.15) is 5.10 Å². The van der Waals surface area contributed by atoms with Crippen LogP contribution in [-0.4, -0.2) is 39.9 Å². The van der Waals surface area contributed by atoms with Gasteiger partial charge in [-0.15, -0.1) is 0 Å². The van der Waals surface area contributed by atoms with Crippen molar-refractivity contribution < 1.29 is 0 Å². The molecule has 0 bridgehead atoms. The lowest BCUT2D eigenvalue weighted by Gasteiger charge is -2.39. The van der Waals surface area contributed by atoms with E-state index in [1.165, 1.54) is 18.5 Å². The Kier molecular flexibility index (Phi) is 3.63. The summed E-state index contributed by atoms with van der Waals surface area (Å²) in [6.07, 6.45) is 2.84. The molecule has 2 atom stereocenters. The highest BCUT2D eigenvalue weighted by Crippen LogP contribution is 2.36. The van der Waals surface area contributed by atoms with Crippen LogP contribution in [0.3, 0.4) is 0 Å². The normalized spacial score (nSPS) is 28.8. The summed E-state index contributed by atoms with van der Waals surface area (Å²) in [5.41, 5.74) is 2.52. The zero-order valence-corrected chi connectivity index (χ0v) is 12.4. The van der Waals surface area contributed by atoms with Gasteiger partial charge >= 0.3 is 0 Å². The van der Waals surface area contributed by atoms with Crippen LogP contribution in [0, 0.1) is 12.8 Å². The third-order valence-electron chi connectivity index (χ3n) is 4.47. The number of aryl methyl sites for hydroxylation is 2. The smallest absolute Gasteiger partial charge is 0.0597 e. The van der Waals surface area contributed by atoms with Crippen LogP contribution in [-0.2, 0) is 13.1 Å². The van der Waals surface area contributed by atoms with Crippen LogP contribution in [0.4, 0.5) is 0 Å². The molecule has 0 amide bonds. The summed E-state index contributed by atoms with van der Waals surface area (Å²) in [6, 6.07) is 3.59. The summed E-state index contributed by atoms with van der Waals surface area (Å²) >= 11 is 0. The molecule has 1 saturated carbocycles. The molecule has 2 heterocycles. The molecule has 1 aromatic rings. The second-order valence-corrected chi connectivity index (χ2v) is 6.24. The number of nitrogens with zero attached hydrogens (tertiary/aromatic N) is 3. The molecule has 0 aromatic carbocycles. The van der Waals surface area contributed by atoms with E-state index in [9.17, 15) is 0 Å². The molecule has 4 heteroatoms. The monoisotopic (exact) mass is 262 g/mol. The van der Waals surface area contributed by atoms with Gasteiger partial charge in [0.2, 0.25) is 0 Å². The van der Waals surface area contributed by atoms with E-state index in [0.29, 0.717) is 6.04 Å². The van der Waals surface area contributed by atoms with Gasteiger partial charge < -0.3 is 5.32 Å². The molecule has 0 spiro atoms. The van der Waals surface area contributed by atoms with Crippen molar-refractivity contribution in [3.63, 3.8) is 0 Å². The highest BCUT2D eigenvalue weighted by molar-refractivity contribution is 5.10. The molecule has 2 unspecified atom stereocenters. The van der Waals surface area contributed by atoms with Crippen molar-refractivity contribution in [2.24, 2.45) is 5.92 Å². The molecule has 1 aliphatic carbocycles. The summed E-state index contributed by atoms with van der Waals surface area (Å²) in [5, 5.41) is 8.21. The van der Waals surface area contributed by atoms with Crippen LogP contribution in [0.1, 0.15) is 38.1 Å². The van der Waals surface area contributed by atoms with Crippen LogP contribution in [0.15, 0.2) is 6.07 Å². The second-order valence-electron chi connectivity index (χ2n) is 6.24. The van der Waals surface area contributed by atoms with Crippen LogP contribution in [0.25, 0.3) is 0 Å². The van der Waals surface area contributed by atoms with E-state index < -0.39 is 0 Å². The van der Waals surface area contributed by atoms with Gasteiger partial charge in [0.15, 0.2) is 0 Å². The van der Waals surface area contributed by atoms with Crippen molar-refractivity contribution in [3.8, 4) is 0 Å². The Hall–Kier alpha value is -0.870. The third-order valence-corrected chi connectivity index (χ3v) is 4.47. The van der Waals surface area contributed by atoms with Gasteiger partial charge in [0.1, 0.15) is 0 Å². The summed E-state index contributed by atoms with van der Waals surface area (Å²) in [6.45, 7) is 10.9. The van der Waals surface area contributed by atoms with E-state index in [1.54, 1.807) is 0 Å². The largest absolute Gasteiger partial charge is 0.311 e. The van der Waals surface area contributed by atoms with E-state index in [2.05, 4.69) is 46.8 Å². The zero-order valence-electron chi connectivity index (χ0n) is 12.4. The number of rotatable bonds is 4. The molecule has 3 rings (SSSR count). The number of nitrogens with one attached hydrogen (secondary N) is 1. The molecule has 0 radical (unpaired) electrons. The molecule has 106 valence electrons. The van der Waals surface area contributed by atoms with E-state index >= 15 is 0 Å². The molecule has 1 aromatic heterocycles. The van der Waals surface area contributed by atoms with Crippen LogP contribution in [0.2, 0.25) is 0 Å². The van der Waals surface area contributed by atoms with E-state index in [1.807, 2.05) is 0 Å². The van der Waals surface area contributed by atoms with Gasteiger partial charge in [-0.05, 0) is 45.6 Å². The minimum Gasteiger partial charge on any atom is -0.311 e. The minimum absolute atomic E-state index is 0.606. The molecule has 1 N–H and O–H groups in total. The van der Waals surface area contributed by atoms with Gasteiger partial charge in [-0.1, -0.05) is 0 Å². The van der Waals surface area contributed by atoms with Crippen molar-refractivity contribution in [3.05, 3.63) is 17.5 Å². The molecular weight excluding hydrogens is 236 g/mol. The predicted molar refractivity (Wildman–Crippen MR) is 77.0 cm³/mol. The van der Waals surface area contributed by atoms with Gasteiger partial charge in [0, 0.05) is 38.3 Å². The Bertz CT molecular complexity index is 435. The molecular formula is C15H26N4. The number of hydrogen-bond acceptors (Lipinski definition) is 3. The van der Waals surface area contributed by atoms with Crippen molar-refractivity contribution >= 4 is 0 Å². The average molecular weight is 262 g/mol. The quantitative estimate of drug-likeness (QED) is 0.898. The number of aromatic nitrogens is 2. The maximum atomic E-state index is 4.57. The fourth-order valence-corrected chi connectivity index (χ4v) is 3.34. The van der Waals surface area contributed by atoms with E-state index in [0.717, 1.165) is 43.8 Å². The van der Waals surface area contributed by atoms with Gasteiger partial charge in [0.05, 0.1) is 11.4 Å². The molecule has 1 saturated heterocycles. The van der Waals surface area contributed by atoms with E-state index in [4.69, 9.17) is 0 Å². The van der Waals surface area contributed by atoms with Crippen molar-refractivity contribution in [2.45, 2.75) is 58.8 Å². The van der Waals surface area contributed by atoms with Crippen molar-refractivity contribution in [1.29, 1.82) is 0 Å². The first-order chi connectivity index (χ1) is 9.17. The summed E-state index contributed by atoms with van der Waals surface area (Å²) in [7, 11) is 0. The van der Waals surface area contributed by atoms with Crippen LogP contribution >= 0.6 is 0 Å². The Morgan fingerprint density at radius 2 is 2.21 bits per heavy atom. The maximum absolute atomic E-state index is 4.57. The highest BCUT2D eigenvalue weighted by atomic mass is 15.3. The van der Waals surface area contributed by atoms with E-state index in [-0.39, 0.29) is 0 Å². The Morgan fingerprint density at radius 1 is 1.42 bits per heavy atom. The lowest BCUT2D eigenvalue weighted by molar-refractivity contribution is 0.109. The Balaban J connectivity index is 1.74. The molecule has 2 fully saturated rings. The lowest BCUT2D eigenvalue weighted by atomic mass is 10.1. The standard InChI is InChI=1S/C15H26N4/c1-4-19-14(7-11(2)17-19)10-18-9-12(3)16-8-15(18)13-5-6-13/h7,12-13,15-16H,4-6,8-10H2,1-3H3. The molecule has 19 heavy (non-hydrogen) atoms.